The molecule has 1 N–H and O–H groups in total. The van der Waals surface area contributed by atoms with Crippen LogP contribution in [0.4, 0.5) is 5.69 Å². The first-order valence-electron chi connectivity index (χ1n) is 7.31. The second kappa shape index (κ2) is 4.93. The lowest BCUT2D eigenvalue weighted by molar-refractivity contribution is -0.119. The molecule has 0 spiro atoms. The fraction of sp³-hybridized carbons (Fsp3) is 0.500. The number of anilines is 1. The largest absolute Gasteiger partial charge is 0.350 e. The minimum absolute atomic E-state index is 0.0465. The number of hydrogen-bond acceptors (Lipinski definition) is 2. The van der Waals surface area contributed by atoms with Gasteiger partial charge in [-0.05, 0) is 56.9 Å². The van der Waals surface area contributed by atoms with E-state index in [1.807, 2.05) is 36.9 Å². The number of carbonyl (C=O) groups is 2. The summed E-state index contributed by atoms with van der Waals surface area (Å²) in [6, 6.07) is 5.78. The molecule has 0 aromatic heterocycles. The standard InChI is InChI=1S/C16H20N2O2/c1-10(2)17-15(19)13-5-6-14-12(9-13)7-8-18(14)16(20)11-3-4-11/h5-6,9-11H,3-4,7-8H2,1-2H3,(H,17,19). The van der Waals surface area contributed by atoms with Crippen LogP contribution in [0.1, 0.15) is 42.6 Å². The van der Waals surface area contributed by atoms with Gasteiger partial charge in [0.05, 0.1) is 0 Å². The molecule has 1 aliphatic heterocycles. The summed E-state index contributed by atoms with van der Waals surface area (Å²) in [6.07, 6.45) is 2.90. The second-order valence-corrected chi connectivity index (χ2v) is 5.99. The van der Waals surface area contributed by atoms with Crippen LogP contribution in [-0.2, 0) is 11.2 Å². The first kappa shape index (κ1) is 13.2. The Kier molecular flexibility index (Phi) is 3.24. The van der Waals surface area contributed by atoms with Crippen molar-refractivity contribution in [2.75, 3.05) is 11.4 Å². The molecule has 0 radical (unpaired) electrons. The van der Waals surface area contributed by atoms with E-state index in [4.69, 9.17) is 0 Å². The summed E-state index contributed by atoms with van der Waals surface area (Å²) in [5.74, 6) is 0.447. The molecule has 1 aromatic rings. The number of hydrogen-bond donors (Lipinski definition) is 1. The smallest absolute Gasteiger partial charge is 0.251 e. The Hall–Kier alpha value is -1.84. The average Bonchev–Trinajstić information content (AvgIpc) is 3.16. The number of fused-ring (bicyclic) bond motifs is 1. The Labute approximate surface area is 119 Å². The Morgan fingerprint density at radius 2 is 2.05 bits per heavy atom. The molecule has 4 nitrogen and oxygen atoms in total. The summed E-state index contributed by atoms with van der Waals surface area (Å²) >= 11 is 0. The highest BCUT2D eigenvalue weighted by Crippen LogP contribution is 2.36. The number of rotatable bonds is 3. The van der Waals surface area contributed by atoms with Crippen LogP contribution in [0.15, 0.2) is 18.2 Å². The summed E-state index contributed by atoms with van der Waals surface area (Å²) in [4.78, 5) is 26.1. The van der Waals surface area contributed by atoms with Gasteiger partial charge in [0.2, 0.25) is 5.91 Å². The molecule has 0 atom stereocenters. The summed E-state index contributed by atoms with van der Waals surface area (Å²) in [6.45, 7) is 4.64. The fourth-order valence-corrected chi connectivity index (χ4v) is 2.67. The van der Waals surface area contributed by atoms with E-state index >= 15 is 0 Å². The maximum absolute atomic E-state index is 12.2. The topological polar surface area (TPSA) is 49.4 Å². The molecule has 106 valence electrons. The van der Waals surface area contributed by atoms with Gasteiger partial charge >= 0.3 is 0 Å². The van der Waals surface area contributed by atoms with Gasteiger partial charge in [0, 0.05) is 29.8 Å². The molecule has 1 aromatic carbocycles. The number of nitrogens with zero attached hydrogens (tertiary/aromatic N) is 1. The number of amides is 2. The number of benzene rings is 1. The van der Waals surface area contributed by atoms with Crippen molar-refractivity contribution in [3.63, 3.8) is 0 Å². The maximum atomic E-state index is 12.2. The van der Waals surface area contributed by atoms with Gasteiger partial charge in [-0.1, -0.05) is 0 Å². The van der Waals surface area contributed by atoms with Gasteiger partial charge in [0.25, 0.3) is 5.91 Å². The molecule has 2 amide bonds. The fourth-order valence-electron chi connectivity index (χ4n) is 2.67. The third-order valence-corrected chi connectivity index (χ3v) is 3.85. The average molecular weight is 272 g/mol. The first-order chi connectivity index (χ1) is 9.56. The molecule has 3 rings (SSSR count). The lowest BCUT2D eigenvalue weighted by Gasteiger charge is -2.17. The Morgan fingerprint density at radius 3 is 2.70 bits per heavy atom. The van der Waals surface area contributed by atoms with Crippen LogP contribution in [0.5, 0.6) is 0 Å². The number of carbonyl (C=O) groups excluding carboxylic acids is 2. The van der Waals surface area contributed by atoms with Crippen molar-refractivity contribution >= 4 is 17.5 Å². The monoisotopic (exact) mass is 272 g/mol. The van der Waals surface area contributed by atoms with Crippen LogP contribution in [0.3, 0.4) is 0 Å². The lowest BCUT2D eigenvalue weighted by Crippen LogP contribution is -2.30. The SMILES string of the molecule is CC(C)NC(=O)c1ccc2c(c1)CCN2C(=O)C1CC1. The molecule has 1 fully saturated rings. The molecular formula is C16H20N2O2. The third-order valence-electron chi connectivity index (χ3n) is 3.85. The van der Waals surface area contributed by atoms with Gasteiger partial charge in [0.15, 0.2) is 0 Å². The van der Waals surface area contributed by atoms with Crippen LogP contribution in [0.2, 0.25) is 0 Å². The molecule has 4 heteroatoms. The van der Waals surface area contributed by atoms with Crippen LogP contribution in [-0.4, -0.2) is 24.4 Å². The third kappa shape index (κ3) is 2.42. The van der Waals surface area contributed by atoms with Crippen molar-refractivity contribution in [2.24, 2.45) is 5.92 Å². The van der Waals surface area contributed by atoms with E-state index in [0.29, 0.717) is 5.56 Å². The van der Waals surface area contributed by atoms with E-state index in [2.05, 4.69) is 5.32 Å². The zero-order valence-electron chi connectivity index (χ0n) is 12.0. The summed E-state index contributed by atoms with van der Waals surface area (Å²) in [7, 11) is 0. The summed E-state index contributed by atoms with van der Waals surface area (Å²) < 4.78 is 0. The van der Waals surface area contributed by atoms with E-state index < -0.39 is 0 Å². The van der Waals surface area contributed by atoms with Crippen molar-refractivity contribution in [3.8, 4) is 0 Å². The van der Waals surface area contributed by atoms with E-state index in [-0.39, 0.29) is 23.8 Å². The van der Waals surface area contributed by atoms with Crippen LogP contribution < -0.4 is 10.2 Å². The highest BCUT2D eigenvalue weighted by molar-refractivity contribution is 6.00. The Morgan fingerprint density at radius 1 is 1.30 bits per heavy atom. The van der Waals surface area contributed by atoms with E-state index in [1.54, 1.807) is 0 Å². The predicted octanol–water partition coefficient (Wildman–Crippen LogP) is 2.12. The molecule has 2 aliphatic rings. The summed E-state index contributed by atoms with van der Waals surface area (Å²) in [5, 5.41) is 2.89. The minimum atomic E-state index is -0.0465. The zero-order chi connectivity index (χ0) is 14.3. The van der Waals surface area contributed by atoms with Crippen molar-refractivity contribution in [1.29, 1.82) is 0 Å². The molecule has 1 saturated carbocycles. The second-order valence-electron chi connectivity index (χ2n) is 5.99. The van der Waals surface area contributed by atoms with Crippen molar-refractivity contribution in [2.45, 2.75) is 39.2 Å². The van der Waals surface area contributed by atoms with Gasteiger partial charge in [-0.15, -0.1) is 0 Å². The van der Waals surface area contributed by atoms with Gasteiger partial charge in [-0.2, -0.15) is 0 Å². The van der Waals surface area contributed by atoms with Crippen LogP contribution >= 0.6 is 0 Å². The minimum Gasteiger partial charge on any atom is -0.350 e. The highest BCUT2D eigenvalue weighted by atomic mass is 16.2. The zero-order valence-corrected chi connectivity index (χ0v) is 12.0. The molecule has 1 heterocycles. The first-order valence-corrected chi connectivity index (χ1v) is 7.31. The van der Waals surface area contributed by atoms with Gasteiger partial charge in [-0.3, -0.25) is 9.59 Å². The number of nitrogens with one attached hydrogen (secondary N) is 1. The highest BCUT2D eigenvalue weighted by Gasteiger charge is 2.36. The normalized spacial score (nSPS) is 17.2. The summed E-state index contributed by atoms with van der Waals surface area (Å²) in [5.41, 5.74) is 2.77. The Bertz CT molecular complexity index is 562. The predicted molar refractivity (Wildman–Crippen MR) is 77.8 cm³/mol. The molecule has 0 unspecified atom stereocenters. The molecule has 0 bridgehead atoms. The Balaban J connectivity index is 1.80. The van der Waals surface area contributed by atoms with Crippen LogP contribution in [0.25, 0.3) is 0 Å². The van der Waals surface area contributed by atoms with Gasteiger partial charge in [-0.25, -0.2) is 0 Å². The maximum Gasteiger partial charge on any atom is 0.251 e. The molecule has 0 saturated heterocycles. The van der Waals surface area contributed by atoms with Crippen molar-refractivity contribution < 1.29 is 9.59 Å². The van der Waals surface area contributed by atoms with E-state index in [9.17, 15) is 9.59 Å². The van der Waals surface area contributed by atoms with E-state index in [1.165, 1.54) is 0 Å². The quantitative estimate of drug-likeness (QED) is 0.916. The van der Waals surface area contributed by atoms with Crippen molar-refractivity contribution in [1.82, 2.24) is 5.32 Å². The molecular weight excluding hydrogens is 252 g/mol. The van der Waals surface area contributed by atoms with E-state index in [0.717, 1.165) is 37.1 Å². The molecule has 1 aliphatic carbocycles. The van der Waals surface area contributed by atoms with Crippen LogP contribution in [0, 0.1) is 5.92 Å². The lowest BCUT2D eigenvalue weighted by atomic mass is 10.1. The van der Waals surface area contributed by atoms with Gasteiger partial charge < -0.3 is 10.2 Å². The molecule has 20 heavy (non-hydrogen) atoms. The van der Waals surface area contributed by atoms with Crippen molar-refractivity contribution in [3.05, 3.63) is 29.3 Å². The van der Waals surface area contributed by atoms with Gasteiger partial charge in [0.1, 0.15) is 0 Å².